The highest BCUT2D eigenvalue weighted by Crippen LogP contribution is 2.37. The number of carbonyl (C=O) groups is 1. The lowest BCUT2D eigenvalue weighted by Gasteiger charge is -2.17. The molecule has 3 N–H and O–H groups in total. The third-order valence-electron chi connectivity index (χ3n) is 5.32. The van der Waals surface area contributed by atoms with Gasteiger partial charge in [-0.2, -0.15) is 0 Å². The fourth-order valence-corrected chi connectivity index (χ4v) is 5.01. The van der Waals surface area contributed by atoms with Gasteiger partial charge in [0.25, 0.3) is 5.91 Å². The maximum absolute atomic E-state index is 12.8. The molecule has 4 rings (SSSR count). The molecule has 1 amide bonds. The summed E-state index contributed by atoms with van der Waals surface area (Å²) in [6.07, 6.45) is 2.14. The second-order valence-corrected chi connectivity index (χ2v) is 9.47. The summed E-state index contributed by atoms with van der Waals surface area (Å²) in [5, 5.41) is 3.81. The maximum atomic E-state index is 12.8. The topological polar surface area (TPSA) is 121 Å². The highest BCUT2D eigenvalue weighted by molar-refractivity contribution is 7.91. The molecule has 0 unspecified atom stereocenters. The molecule has 0 spiro atoms. The van der Waals surface area contributed by atoms with Crippen LogP contribution in [0.5, 0.6) is 5.75 Å². The van der Waals surface area contributed by atoms with Crippen LogP contribution >= 0.6 is 0 Å². The van der Waals surface area contributed by atoms with Crippen LogP contribution in [0.4, 0.5) is 11.4 Å². The smallest absolute Gasteiger partial charge is 0.252 e. The van der Waals surface area contributed by atoms with Crippen molar-refractivity contribution < 1.29 is 22.7 Å². The third kappa shape index (κ3) is 3.94. The van der Waals surface area contributed by atoms with Crippen LogP contribution < -0.4 is 15.8 Å². The second-order valence-electron chi connectivity index (χ2n) is 7.36. The molecular formula is C22H23N3O5S. The fraction of sp³-hybridized carbons (Fsp3) is 0.273. The first-order valence-electron chi connectivity index (χ1n) is 9.78. The number of benzene rings is 2. The predicted molar refractivity (Wildman–Crippen MR) is 118 cm³/mol. The van der Waals surface area contributed by atoms with Gasteiger partial charge in [-0.15, -0.1) is 0 Å². The monoisotopic (exact) mass is 441 g/mol. The van der Waals surface area contributed by atoms with Gasteiger partial charge in [-0.1, -0.05) is 6.07 Å². The number of sulfone groups is 1. The van der Waals surface area contributed by atoms with Gasteiger partial charge < -0.3 is 20.5 Å². The molecule has 0 saturated heterocycles. The molecule has 8 nitrogen and oxygen atoms in total. The summed E-state index contributed by atoms with van der Waals surface area (Å²) in [6, 6.07) is 8.75. The van der Waals surface area contributed by atoms with Crippen LogP contribution in [0.3, 0.4) is 0 Å². The minimum absolute atomic E-state index is 0.0836. The van der Waals surface area contributed by atoms with Crippen LogP contribution in [0.25, 0.3) is 10.9 Å². The summed E-state index contributed by atoms with van der Waals surface area (Å²) >= 11 is 0. The van der Waals surface area contributed by atoms with E-state index >= 15 is 0 Å². The quantitative estimate of drug-likeness (QED) is 0.578. The third-order valence-corrected chi connectivity index (χ3v) is 6.98. The summed E-state index contributed by atoms with van der Waals surface area (Å²) in [5.74, 6) is -0.0297. The number of ether oxygens (including phenoxy) is 2. The van der Waals surface area contributed by atoms with Crippen molar-refractivity contribution in [3.63, 3.8) is 0 Å². The molecule has 0 atom stereocenters. The number of carbonyl (C=O) groups excluding carboxylic acids is 1. The molecule has 3 aromatic rings. The van der Waals surface area contributed by atoms with E-state index < -0.39 is 15.7 Å². The van der Waals surface area contributed by atoms with Crippen molar-refractivity contribution >= 4 is 38.0 Å². The first-order chi connectivity index (χ1) is 14.8. The summed E-state index contributed by atoms with van der Waals surface area (Å²) in [5.41, 5.74) is 9.24. The van der Waals surface area contributed by atoms with Crippen molar-refractivity contribution in [2.75, 3.05) is 31.4 Å². The number of nitrogens with two attached hydrogens (primary N) is 1. The van der Waals surface area contributed by atoms with Crippen LogP contribution in [-0.2, 0) is 21.0 Å². The SMILES string of the molecule is COCCS(=O)(=O)c1cc(C)c2ncc(C(N)=O)c(Nc3cccc4c3CCO4)c2c1. The molecule has 0 radical (unpaired) electrons. The molecule has 9 heteroatoms. The molecule has 162 valence electrons. The van der Waals surface area contributed by atoms with Crippen molar-refractivity contribution in [3.8, 4) is 5.75 Å². The Kier molecular flexibility index (Phi) is 5.55. The number of aryl methyl sites for hydroxylation is 1. The number of hydrogen-bond donors (Lipinski definition) is 2. The van der Waals surface area contributed by atoms with E-state index in [0.717, 1.165) is 23.4 Å². The fourth-order valence-electron chi connectivity index (χ4n) is 3.73. The molecule has 2 aromatic carbocycles. The number of nitrogens with one attached hydrogen (secondary N) is 1. The van der Waals surface area contributed by atoms with Gasteiger partial charge >= 0.3 is 0 Å². The van der Waals surface area contributed by atoms with Gasteiger partial charge in [-0.3, -0.25) is 9.78 Å². The summed E-state index contributed by atoms with van der Waals surface area (Å²) in [6.45, 7) is 2.45. The van der Waals surface area contributed by atoms with Crippen molar-refractivity contribution in [3.05, 3.63) is 53.2 Å². The first-order valence-corrected chi connectivity index (χ1v) is 11.4. The number of rotatable bonds is 7. The first kappa shape index (κ1) is 21.1. The van der Waals surface area contributed by atoms with Crippen LogP contribution in [0, 0.1) is 6.92 Å². The molecule has 2 heterocycles. The number of primary amides is 1. The lowest BCUT2D eigenvalue weighted by Crippen LogP contribution is -2.15. The average Bonchev–Trinajstić information content (AvgIpc) is 3.22. The molecule has 0 fully saturated rings. The Morgan fingerprint density at radius 3 is 2.87 bits per heavy atom. The van der Waals surface area contributed by atoms with Gasteiger partial charge in [0.05, 0.1) is 40.6 Å². The van der Waals surface area contributed by atoms with Gasteiger partial charge in [-0.25, -0.2) is 8.42 Å². The molecule has 0 saturated carbocycles. The van der Waals surface area contributed by atoms with E-state index in [9.17, 15) is 13.2 Å². The zero-order chi connectivity index (χ0) is 22.2. The maximum Gasteiger partial charge on any atom is 0.252 e. The van der Waals surface area contributed by atoms with Gasteiger partial charge in [-0.05, 0) is 36.8 Å². The van der Waals surface area contributed by atoms with Gasteiger partial charge in [0.1, 0.15) is 5.75 Å². The van der Waals surface area contributed by atoms with Gasteiger partial charge in [0.15, 0.2) is 9.84 Å². The van der Waals surface area contributed by atoms with Crippen molar-refractivity contribution in [2.45, 2.75) is 18.2 Å². The van der Waals surface area contributed by atoms with Gasteiger partial charge in [0.2, 0.25) is 0 Å². The molecule has 0 aliphatic carbocycles. The minimum Gasteiger partial charge on any atom is -0.493 e. The summed E-state index contributed by atoms with van der Waals surface area (Å²) in [7, 11) is -2.13. The average molecular weight is 442 g/mol. The number of pyridine rings is 1. The molecule has 1 aliphatic heterocycles. The number of amides is 1. The Morgan fingerprint density at radius 2 is 2.13 bits per heavy atom. The minimum atomic E-state index is -3.59. The standard InChI is InChI=1S/C22H23N3O5S/c1-13-10-14(31(27,28)9-8-29-2)11-16-20(13)24-12-17(22(23)26)21(16)25-18-4-3-5-19-15(18)6-7-30-19/h3-5,10-12H,6-9H2,1-2H3,(H2,23,26)(H,24,25). The van der Waals surface area contributed by atoms with E-state index in [1.54, 1.807) is 13.0 Å². The van der Waals surface area contributed by atoms with E-state index in [0.29, 0.717) is 28.8 Å². The number of aromatic nitrogens is 1. The van der Waals surface area contributed by atoms with E-state index in [-0.39, 0.29) is 22.8 Å². The Balaban J connectivity index is 1.93. The van der Waals surface area contributed by atoms with Gasteiger partial charge in [0, 0.05) is 36.4 Å². The zero-order valence-electron chi connectivity index (χ0n) is 17.3. The number of nitrogens with zero attached hydrogens (tertiary/aromatic N) is 1. The Hall–Kier alpha value is -3.17. The Morgan fingerprint density at radius 1 is 1.32 bits per heavy atom. The molecule has 1 aliphatic rings. The van der Waals surface area contributed by atoms with E-state index in [4.69, 9.17) is 15.2 Å². The zero-order valence-corrected chi connectivity index (χ0v) is 18.1. The highest BCUT2D eigenvalue weighted by Gasteiger charge is 2.22. The number of fused-ring (bicyclic) bond motifs is 2. The summed E-state index contributed by atoms with van der Waals surface area (Å²) < 4.78 is 36.2. The van der Waals surface area contributed by atoms with E-state index in [2.05, 4.69) is 10.3 Å². The van der Waals surface area contributed by atoms with E-state index in [1.807, 2.05) is 18.2 Å². The molecule has 0 bridgehead atoms. The van der Waals surface area contributed by atoms with Crippen molar-refractivity contribution in [2.24, 2.45) is 5.73 Å². The lowest BCUT2D eigenvalue weighted by molar-refractivity contribution is 0.100. The predicted octanol–water partition coefficient (Wildman–Crippen LogP) is 2.74. The Bertz CT molecular complexity index is 1290. The van der Waals surface area contributed by atoms with E-state index in [1.165, 1.54) is 19.4 Å². The van der Waals surface area contributed by atoms with Crippen LogP contribution in [0.1, 0.15) is 21.5 Å². The second kappa shape index (κ2) is 8.16. The lowest BCUT2D eigenvalue weighted by atomic mass is 10.0. The number of anilines is 2. The van der Waals surface area contributed by atoms with Crippen molar-refractivity contribution in [1.82, 2.24) is 4.98 Å². The Labute approximate surface area is 180 Å². The van der Waals surface area contributed by atoms with Crippen LogP contribution in [-0.4, -0.2) is 45.4 Å². The molecule has 31 heavy (non-hydrogen) atoms. The summed E-state index contributed by atoms with van der Waals surface area (Å²) in [4.78, 5) is 16.7. The molecular weight excluding hydrogens is 418 g/mol. The normalized spacial score (nSPS) is 13.1. The van der Waals surface area contributed by atoms with Crippen molar-refractivity contribution in [1.29, 1.82) is 0 Å². The highest BCUT2D eigenvalue weighted by atomic mass is 32.2. The van der Waals surface area contributed by atoms with Crippen LogP contribution in [0.15, 0.2) is 41.4 Å². The number of hydrogen-bond acceptors (Lipinski definition) is 7. The van der Waals surface area contributed by atoms with Crippen LogP contribution in [0.2, 0.25) is 0 Å². The molecule has 1 aromatic heterocycles. The number of methoxy groups -OCH3 is 1. The largest absolute Gasteiger partial charge is 0.493 e.